The molecule has 0 aliphatic carbocycles. The predicted molar refractivity (Wildman–Crippen MR) is 97.8 cm³/mol. The van der Waals surface area contributed by atoms with Crippen LogP contribution in [0.15, 0.2) is 60.9 Å². The number of aromatic nitrogens is 1. The van der Waals surface area contributed by atoms with Gasteiger partial charge >= 0.3 is 0 Å². The molecule has 0 aliphatic heterocycles. The van der Waals surface area contributed by atoms with E-state index < -0.39 is 5.82 Å². The van der Waals surface area contributed by atoms with Gasteiger partial charge in [0.15, 0.2) is 11.6 Å². The molecule has 5 heteroatoms. The summed E-state index contributed by atoms with van der Waals surface area (Å²) in [4.78, 5) is 16.3. The summed E-state index contributed by atoms with van der Waals surface area (Å²) in [7, 11) is 0. The number of carbonyl (C=O) groups is 1. The summed E-state index contributed by atoms with van der Waals surface area (Å²) in [5.74, 6) is -0.0976. The first-order chi connectivity index (χ1) is 12.5. The first-order valence-corrected chi connectivity index (χ1v) is 8.24. The number of halogens is 1. The third kappa shape index (κ3) is 4.25. The van der Waals surface area contributed by atoms with Crippen molar-refractivity contribution in [3.8, 4) is 11.5 Å². The van der Waals surface area contributed by atoms with E-state index in [1.807, 2.05) is 32.0 Å². The van der Waals surface area contributed by atoms with Crippen molar-refractivity contribution in [2.75, 3.05) is 0 Å². The summed E-state index contributed by atoms with van der Waals surface area (Å²) >= 11 is 0. The molecular weight excluding hydrogens is 331 g/mol. The Morgan fingerprint density at radius 1 is 1.15 bits per heavy atom. The van der Waals surface area contributed by atoms with Crippen molar-refractivity contribution in [1.29, 1.82) is 0 Å². The molecule has 3 aromatic rings. The molecule has 2 aromatic carbocycles. The molecule has 1 amide bonds. The van der Waals surface area contributed by atoms with Gasteiger partial charge in [-0.15, -0.1) is 0 Å². The van der Waals surface area contributed by atoms with Crippen molar-refractivity contribution in [2.45, 2.75) is 20.4 Å². The van der Waals surface area contributed by atoms with Crippen LogP contribution >= 0.6 is 0 Å². The van der Waals surface area contributed by atoms with E-state index in [-0.39, 0.29) is 18.2 Å². The van der Waals surface area contributed by atoms with Gasteiger partial charge in [-0.2, -0.15) is 0 Å². The number of pyridine rings is 1. The van der Waals surface area contributed by atoms with Crippen molar-refractivity contribution in [3.05, 3.63) is 89.0 Å². The van der Waals surface area contributed by atoms with Crippen molar-refractivity contribution >= 4 is 5.91 Å². The second kappa shape index (κ2) is 7.78. The highest BCUT2D eigenvalue weighted by atomic mass is 19.1. The monoisotopic (exact) mass is 350 g/mol. The summed E-state index contributed by atoms with van der Waals surface area (Å²) in [6, 6.07) is 13.7. The Morgan fingerprint density at radius 2 is 2.00 bits per heavy atom. The van der Waals surface area contributed by atoms with Crippen LogP contribution < -0.4 is 10.1 Å². The van der Waals surface area contributed by atoms with E-state index in [4.69, 9.17) is 4.74 Å². The van der Waals surface area contributed by atoms with Gasteiger partial charge in [0.2, 0.25) is 0 Å². The molecule has 0 spiro atoms. The number of hydrogen-bond acceptors (Lipinski definition) is 3. The van der Waals surface area contributed by atoms with Gasteiger partial charge < -0.3 is 10.1 Å². The fraction of sp³-hybridized carbons (Fsp3) is 0.143. The van der Waals surface area contributed by atoms with Gasteiger partial charge in [0.1, 0.15) is 5.75 Å². The summed E-state index contributed by atoms with van der Waals surface area (Å²) < 4.78 is 19.7. The zero-order valence-corrected chi connectivity index (χ0v) is 14.6. The van der Waals surface area contributed by atoms with E-state index in [9.17, 15) is 9.18 Å². The maximum absolute atomic E-state index is 14.2. The SMILES string of the molecule is Cc1ccc(C)c(C(=O)NCc2ccc(Oc3cccnc3)c(F)c2)c1. The number of ether oxygens (including phenoxy) is 1. The number of nitrogens with zero attached hydrogens (tertiary/aromatic N) is 1. The fourth-order valence-corrected chi connectivity index (χ4v) is 2.53. The Balaban J connectivity index is 1.66. The maximum Gasteiger partial charge on any atom is 0.251 e. The number of benzene rings is 2. The van der Waals surface area contributed by atoms with Crippen LogP contribution in [0, 0.1) is 19.7 Å². The van der Waals surface area contributed by atoms with Crippen LogP contribution in [0.25, 0.3) is 0 Å². The topological polar surface area (TPSA) is 51.2 Å². The number of aryl methyl sites for hydroxylation is 2. The minimum Gasteiger partial charge on any atom is -0.453 e. The molecular formula is C21H19FN2O2. The number of nitrogens with one attached hydrogen (secondary N) is 1. The van der Waals surface area contributed by atoms with E-state index >= 15 is 0 Å². The standard InChI is InChI=1S/C21H19FN2O2/c1-14-5-6-15(2)18(10-14)21(25)24-12-16-7-8-20(19(22)11-16)26-17-4-3-9-23-13-17/h3-11,13H,12H2,1-2H3,(H,24,25). The van der Waals surface area contributed by atoms with Crippen LogP contribution in [-0.4, -0.2) is 10.9 Å². The molecule has 0 radical (unpaired) electrons. The lowest BCUT2D eigenvalue weighted by molar-refractivity contribution is 0.0950. The first-order valence-electron chi connectivity index (χ1n) is 8.24. The molecule has 0 saturated heterocycles. The molecule has 1 aromatic heterocycles. The largest absolute Gasteiger partial charge is 0.453 e. The maximum atomic E-state index is 14.2. The van der Waals surface area contributed by atoms with Crippen LogP contribution in [0.3, 0.4) is 0 Å². The summed E-state index contributed by atoms with van der Waals surface area (Å²) in [5, 5.41) is 2.82. The molecule has 0 bridgehead atoms. The second-order valence-corrected chi connectivity index (χ2v) is 6.06. The number of rotatable bonds is 5. The molecule has 132 valence electrons. The smallest absolute Gasteiger partial charge is 0.251 e. The molecule has 0 fully saturated rings. The van der Waals surface area contributed by atoms with Gasteiger partial charge in [0.25, 0.3) is 5.91 Å². The Bertz CT molecular complexity index is 927. The molecule has 4 nitrogen and oxygen atoms in total. The quantitative estimate of drug-likeness (QED) is 0.734. The van der Waals surface area contributed by atoms with Gasteiger partial charge in [-0.05, 0) is 55.3 Å². The second-order valence-electron chi connectivity index (χ2n) is 6.06. The minimum atomic E-state index is -0.493. The number of hydrogen-bond donors (Lipinski definition) is 1. The van der Waals surface area contributed by atoms with Crippen LogP contribution in [0.1, 0.15) is 27.0 Å². The van der Waals surface area contributed by atoms with E-state index in [2.05, 4.69) is 10.3 Å². The Hall–Kier alpha value is -3.21. The number of carbonyl (C=O) groups excluding carboxylic acids is 1. The number of amides is 1. The van der Waals surface area contributed by atoms with E-state index in [0.717, 1.165) is 11.1 Å². The van der Waals surface area contributed by atoms with Gasteiger partial charge in [-0.3, -0.25) is 9.78 Å². The zero-order chi connectivity index (χ0) is 18.5. The zero-order valence-electron chi connectivity index (χ0n) is 14.6. The van der Waals surface area contributed by atoms with Crippen molar-refractivity contribution in [2.24, 2.45) is 0 Å². The van der Waals surface area contributed by atoms with Crippen LogP contribution in [0.2, 0.25) is 0 Å². The lowest BCUT2D eigenvalue weighted by atomic mass is 10.0. The summed E-state index contributed by atoms with van der Waals surface area (Å²) in [5.41, 5.74) is 3.20. The fourth-order valence-electron chi connectivity index (χ4n) is 2.53. The average Bonchev–Trinajstić information content (AvgIpc) is 2.64. The summed E-state index contributed by atoms with van der Waals surface area (Å²) in [6.07, 6.45) is 3.13. The van der Waals surface area contributed by atoms with Crippen LogP contribution in [0.4, 0.5) is 4.39 Å². The van der Waals surface area contributed by atoms with Crippen LogP contribution in [-0.2, 0) is 6.54 Å². The van der Waals surface area contributed by atoms with Gasteiger partial charge in [0.05, 0.1) is 6.20 Å². The average molecular weight is 350 g/mol. The highest BCUT2D eigenvalue weighted by Crippen LogP contribution is 2.24. The molecule has 1 N–H and O–H groups in total. The molecule has 1 heterocycles. The third-order valence-corrected chi connectivity index (χ3v) is 3.95. The van der Waals surface area contributed by atoms with Crippen molar-refractivity contribution in [3.63, 3.8) is 0 Å². The Morgan fingerprint density at radius 3 is 2.73 bits per heavy atom. The third-order valence-electron chi connectivity index (χ3n) is 3.95. The Kier molecular flexibility index (Phi) is 5.27. The van der Waals surface area contributed by atoms with E-state index in [0.29, 0.717) is 16.9 Å². The van der Waals surface area contributed by atoms with Gasteiger partial charge in [-0.1, -0.05) is 23.8 Å². The highest BCUT2D eigenvalue weighted by Gasteiger charge is 2.10. The molecule has 26 heavy (non-hydrogen) atoms. The first kappa shape index (κ1) is 17.6. The predicted octanol–water partition coefficient (Wildman–Crippen LogP) is 4.56. The van der Waals surface area contributed by atoms with Crippen molar-refractivity contribution in [1.82, 2.24) is 10.3 Å². The Labute approximate surface area is 151 Å². The van der Waals surface area contributed by atoms with E-state index in [1.165, 1.54) is 12.3 Å². The van der Waals surface area contributed by atoms with Crippen LogP contribution in [0.5, 0.6) is 11.5 Å². The molecule has 0 saturated carbocycles. The lowest BCUT2D eigenvalue weighted by Crippen LogP contribution is -2.23. The lowest BCUT2D eigenvalue weighted by Gasteiger charge is -2.10. The van der Waals surface area contributed by atoms with E-state index in [1.54, 1.807) is 30.5 Å². The normalized spacial score (nSPS) is 10.4. The van der Waals surface area contributed by atoms with Gasteiger partial charge in [-0.25, -0.2) is 4.39 Å². The summed E-state index contributed by atoms with van der Waals surface area (Å²) in [6.45, 7) is 4.06. The molecule has 0 atom stereocenters. The molecule has 0 aliphatic rings. The highest BCUT2D eigenvalue weighted by molar-refractivity contribution is 5.95. The minimum absolute atomic E-state index is 0.114. The molecule has 3 rings (SSSR count). The van der Waals surface area contributed by atoms with Crippen molar-refractivity contribution < 1.29 is 13.9 Å². The molecule has 0 unspecified atom stereocenters. The van der Waals surface area contributed by atoms with Gasteiger partial charge in [0, 0.05) is 18.3 Å².